The molecule has 0 amide bonds. The summed E-state index contributed by atoms with van der Waals surface area (Å²) < 4.78 is 72.3. The first-order valence-electron chi connectivity index (χ1n) is 6.96. The van der Waals surface area contributed by atoms with Gasteiger partial charge in [0, 0.05) is 24.8 Å². The van der Waals surface area contributed by atoms with Crippen LogP contribution in [0.3, 0.4) is 0 Å². The van der Waals surface area contributed by atoms with E-state index in [4.69, 9.17) is 4.74 Å². The lowest BCUT2D eigenvalue weighted by atomic mass is 10.2. The van der Waals surface area contributed by atoms with Crippen molar-refractivity contribution in [2.45, 2.75) is 11.1 Å². The monoisotopic (exact) mass is 451 g/mol. The number of nitrogens with zero attached hydrogens (tertiary/aromatic N) is 3. The normalized spacial score (nSPS) is 12.4. The minimum absolute atomic E-state index is 0.206. The van der Waals surface area contributed by atoms with E-state index in [0.717, 1.165) is 24.5 Å². The first-order chi connectivity index (χ1) is 12.0. The minimum atomic E-state index is -4.56. The van der Waals surface area contributed by atoms with Crippen molar-refractivity contribution < 1.29 is 26.3 Å². The Morgan fingerprint density at radius 3 is 2.58 bits per heavy atom. The average Bonchev–Trinajstić information content (AvgIpc) is 2.54. The van der Waals surface area contributed by atoms with Gasteiger partial charge in [-0.1, -0.05) is 6.07 Å². The number of pyridine rings is 1. The van der Waals surface area contributed by atoms with Crippen LogP contribution in [-0.2, 0) is 16.2 Å². The van der Waals surface area contributed by atoms with Gasteiger partial charge in [0.1, 0.15) is 12.1 Å². The number of ether oxygens (including phenoxy) is 1. The molecule has 6 nitrogen and oxygen atoms in total. The first kappa shape index (κ1) is 20.2. The predicted octanol–water partition coefficient (Wildman–Crippen LogP) is 3.93. The Morgan fingerprint density at radius 2 is 1.96 bits per heavy atom. The minimum Gasteiger partial charge on any atom is -0.438 e. The van der Waals surface area contributed by atoms with Crippen LogP contribution in [0.25, 0.3) is 0 Å². The Morgan fingerprint density at radius 1 is 1.27 bits per heavy atom. The first-order valence-corrected chi connectivity index (χ1v) is 9.20. The molecular formula is C15H13BrF3N3O3S. The third-order valence-electron chi connectivity index (χ3n) is 2.86. The number of halogens is 4. The van der Waals surface area contributed by atoms with Crippen molar-refractivity contribution in [2.24, 2.45) is 4.40 Å². The molecule has 26 heavy (non-hydrogen) atoms. The second kappa shape index (κ2) is 7.62. The molecule has 11 heteroatoms. The summed E-state index contributed by atoms with van der Waals surface area (Å²) in [6.07, 6.45) is -2.22. The maximum atomic E-state index is 12.8. The average molecular weight is 452 g/mol. The highest BCUT2D eigenvalue weighted by Crippen LogP contribution is 2.34. The van der Waals surface area contributed by atoms with Gasteiger partial charge >= 0.3 is 6.18 Å². The van der Waals surface area contributed by atoms with Gasteiger partial charge in [0.15, 0.2) is 4.90 Å². The van der Waals surface area contributed by atoms with Crippen molar-refractivity contribution >= 4 is 32.3 Å². The zero-order valence-corrected chi connectivity index (χ0v) is 15.9. The van der Waals surface area contributed by atoms with E-state index in [9.17, 15) is 21.6 Å². The number of hydrogen-bond acceptors (Lipinski definition) is 4. The van der Waals surface area contributed by atoms with Crippen LogP contribution in [0.4, 0.5) is 13.2 Å². The molecule has 0 saturated heterocycles. The molecule has 0 N–H and O–H groups in total. The molecule has 2 rings (SSSR count). The molecule has 1 heterocycles. The van der Waals surface area contributed by atoms with E-state index in [1.807, 2.05) is 0 Å². The SMILES string of the molecule is CN(C)C=NS(=O)(=O)c1cc(Br)cnc1Oc1cccc(C(F)(F)F)c1. The maximum Gasteiger partial charge on any atom is 0.416 e. The lowest BCUT2D eigenvalue weighted by Crippen LogP contribution is -2.11. The van der Waals surface area contributed by atoms with Gasteiger partial charge in [-0.25, -0.2) is 4.98 Å². The summed E-state index contributed by atoms with van der Waals surface area (Å²) in [5.74, 6) is -0.592. The number of hydrogen-bond donors (Lipinski definition) is 0. The Kier molecular flexibility index (Phi) is 5.91. The maximum absolute atomic E-state index is 12.8. The van der Waals surface area contributed by atoms with E-state index in [1.165, 1.54) is 23.2 Å². The summed E-state index contributed by atoms with van der Waals surface area (Å²) in [7, 11) is -1.02. The Balaban J connectivity index is 2.46. The van der Waals surface area contributed by atoms with Crippen molar-refractivity contribution in [1.82, 2.24) is 9.88 Å². The van der Waals surface area contributed by atoms with Crippen LogP contribution in [0, 0.1) is 0 Å². The molecule has 0 spiro atoms. The lowest BCUT2D eigenvalue weighted by Gasteiger charge is -2.12. The second-order valence-electron chi connectivity index (χ2n) is 5.24. The molecule has 0 aliphatic heterocycles. The van der Waals surface area contributed by atoms with Gasteiger partial charge in [-0.3, -0.25) is 0 Å². The smallest absolute Gasteiger partial charge is 0.416 e. The predicted molar refractivity (Wildman–Crippen MR) is 92.8 cm³/mol. The molecule has 1 aromatic heterocycles. The standard InChI is InChI=1S/C15H13BrF3N3O3S/c1-22(2)9-21-26(23,24)13-7-11(16)8-20-14(13)25-12-5-3-4-10(6-12)15(17,18)19/h3-9H,1-2H3. The largest absolute Gasteiger partial charge is 0.438 e. The van der Waals surface area contributed by atoms with Crippen LogP contribution in [0.5, 0.6) is 11.6 Å². The molecule has 2 aromatic rings. The van der Waals surface area contributed by atoms with Gasteiger partial charge in [0.25, 0.3) is 10.0 Å². The molecule has 0 bridgehead atoms. The molecule has 0 fully saturated rings. The molecule has 0 aliphatic rings. The lowest BCUT2D eigenvalue weighted by molar-refractivity contribution is -0.137. The van der Waals surface area contributed by atoms with Crippen molar-refractivity contribution in [3.8, 4) is 11.6 Å². The topological polar surface area (TPSA) is 71.9 Å². The van der Waals surface area contributed by atoms with Gasteiger partial charge < -0.3 is 9.64 Å². The van der Waals surface area contributed by atoms with Crippen LogP contribution in [-0.4, -0.2) is 38.7 Å². The Hall–Kier alpha value is -2.14. The summed E-state index contributed by atoms with van der Waals surface area (Å²) in [5, 5.41) is 0. The van der Waals surface area contributed by atoms with Crippen molar-refractivity contribution in [3.05, 3.63) is 46.6 Å². The third-order valence-corrected chi connectivity index (χ3v) is 4.51. The molecule has 0 unspecified atom stereocenters. The fourth-order valence-corrected chi connectivity index (χ4v) is 3.23. The summed E-state index contributed by atoms with van der Waals surface area (Å²) in [5.41, 5.74) is -0.929. The summed E-state index contributed by atoms with van der Waals surface area (Å²) >= 11 is 3.10. The fraction of sp³-hybridized carbons (Fsp3) is 0.200. The number of alkyl halides is 3. The van der Waals surface area contributed by atoms with Crippen molar-refractivity contribution in [1.29, 1.82) is 0 Å². The number of aromatic nitrogens is 1. The van der Waals surface area contributed by atoms with Gasteiger partial charge in [-0.15, -0.1) is 4.40 Å². The highest BCUT2D eigenvalue weighted by atomic mass is 79.9. The summed E-state index contributed by atoms with van der Waals surface area (Å²) in [6, 6.07) is 5.25. The quantitative estimate of drug-likeness (QED) is 0.508. The summed E-state index contributed by atoms with van der Waals surface area (Å²) in [4.78, 5) is 4.87. The van der Waals surface area contributed by atoms with Crippen LogP contribution in [0.2, 0.25) is 0 Å². The number of rotatable bonds is 5. The van der Waals surface area contributed by atoms with E-state index in [-0.39, 0.29) is 16.5 Å². The van der Waals surface area contributed by atoms with Gasteiger partial charge in [-0.05, 0) is 40.2 Å². The van der Waals surface area contributed by atoms with Gasteiger partial charge in [0.05, 0.1) is 5.56 Å². The molecular weight excluding hydrogens is 439 g/mol. The fourth-order valence-electron chi connectivity index (χ4n) is 1.73. The van der Waals surface area contributed by atoms with E-state index >= 15 is 0 Å². The second-order valence-corrected chi connectivity index (χ2v) is 7.76. The van der Waals surface area contributed by atoms with Gasteiger partial charge in [0.2, 0.25) is 5.88 Å². The summed E-state index contributed by atoms with van der Waals surface area (Å²) in [6.45, 7) is 0. The number of benzene rings is 1. The number of sulfonamides is 1. The van der Waals surface area contributed by atoms with Gasteiger partial charge in [-0.2, -0.15) is 21.6 Å². The van der Waals surface area contributed by atoms with Crippen LogP contribution >= 0.6 is 15.9 Å². The highest BCUT2D eigenvalue weighted by Gasteiger charge is 2.31. The molecule has 0 radical (unpaired) electrons. The van der Waals surface area contributed by atoms with Crippen LogP contribution < -0.4 is 4.74 Å². The van der Waals surface area contributed by atoms with Crippen LogP contribution in [0.1, 0.15) is 5.56 Å². The third kappa shape index (κ3) is 5.18. The molecule has 0 saturated carbocycles. The Labute approximate surface area is 156 Å². The van der Waals surface area contributed by atoms with E-state index < -0.39 is 21.8 Å². The zero-order chi connectivity index (χ0) is 19.5. The Bertz CT molecular complexity index is 931. The molecule has 1 aromatic carbocycles. The van der Waals surface area contributed by atoms with Crippen molar-refractivity contribution in [2.75, 3.05) is 14.1 Å². The van der Waals surface area contributed by atoms with Crippen LogP contribution in [0.15, 0.2) is 50.3 Å². The van der Waals surface area contributed by atoms with E-state index in [0.29, 0.717) is 4.47 Å². The van der Waals surface area contributed by atoms with E-state index in [1.54, 1.807) is 14.1 Å². The molecule has 0 aliphatic carbocycles. The van der Waals surface area contributed by atoms with E-state index in [2.05, 4.69) is 25.3 Å². The molecule has 0 atom stereocenters. The van der Waals surface area contributed by atoms with Crippen molar-refractivity contribution in [3.63, 3.8) is 0 Å². The molecule has 140 valence electrons. The highest BCUT2D eigenvalue weighted by molar-refractivity contribution is 9.10. The zero-order valence-electron chi connectivity index (χ0n) is 13.5.